The van der Waals surface area contributed by atoms with Gasteiger partial charge in [-0.1, -0.05) is 34.8 Å². The Morgan fingerprint density at radius 1 is 1.19 bits per heavy atom. The van der Waals surface area contributed by atoms with Gasteiger partial charge in [-0.05, 0) is 30.7 Å². The highest BCUT2D eigenvalue weighted by atomic mass is 35.5. The summed E-state index contributed by atoms with van der Waals surface area (Å²) in [6.07, 6.45) is 0. The number of anilines is 1. The van der Waals surface area contributed by atoms with Crippen LogP contribution in [-0.2, 0) is 16.6 Å². The van der Waals surface area contributed by atoms with Crippen LogP contribution in [0.1, 0.15) is 10.4 Å². The minimum atomic E-state index is -3.78. The van der Waals surface area contributed by atoms with Crippen molar-refractivity contribution in [2.75, 3.05) is 4.72 Å². The van der Waals surface area contributed by atoms with Gasteiger partial charge in [0.25, 0.3) is 10.0 Å². The van der Waals surface area contributed by atoms with Crippen molar-refractivity contribution < 1.29 is 8.42 Å². The molecule has 0 aliphatic heterocycles. The van der Waals surface area contributed by atoms with Gasteiger partial charge in [-0.2, -0.15) is 0 Å². The van der Waals surface area contributed by atoms with E-state index in [1.54, 1.807) is 13.0 Å². The van der Waals surface area contributed by atoms with Gasteiger partial charge in [-0.3, -0.25) is 4.72 Å². The molecule has 0 unspecified atom stereocenters. The lowest BCUT2D eigenvalue weighted by Crippen LogP contribution is -2.12. The number of aryl methyl sites for hydroxylation is 1. The highest BCUT2D eigenvalue weighted by Crippen LogP contribution is 2.36. The van der Waals surface area contributed by atoms with Gasteiger partial charge >= 0.3 is 0 Å². The Hall–Kier alpha value is -0.500. The maximum absolute atomic E-state index is 12.4. The smallest absolute Gasteiger partial charge is 0.271 e. The quantitative estimate of drug-likeness (QED) is 0.825. The Morgan fingerprint density at radius 2 is 1.76 bits per heavy atom. The Bertz CT molecular complexity index is 765. The lowest BCUT2D eigenvalue weighted by Gasteiger charge is -2.10. The molecular weight excluding hydrogens is 375 g/mol. The van der Waals surface area contributed by atoms with Crippen molar-refractivity contribution in [1.82, 2.24) is 0 Å². The van der Waals surface area contributed by atoms with Gasteiger partial charge < -0.3 is 5.73 Å². The van der Waals surface area contributed by atoms with Gasteiger partial charge in [-0.25, -0.2) is 8.42 Å². The average molecular weight is 386 g/mol. The number of sulfonamides is 1. The lowest BCUT2D eigenvalue weighted by atomic mass is 10.3. The van der Waals surface area contributed by atoms with Crippen LogP contribution in [0, 0.1) is 6.92 Å². The van der Waals surface area contributed by atoms with Crippen LogP contribution in [0.2, 0.25) is 15.1 Å². The summed E-state index contributed by atoms with van der Waals surface area (Å²) in [6.45, 7) is 2.09. The predicted octanol–water partition coefficient (Wildman–Crippen LogP) is 4.28. The second-order valence-corrected chi connectivity index (χ2v) is 8.52. The standard InChI is InChI=1S/C12H11Cl3N2O2S2/c1-6-2-11(20-10(6)5-16)21(18,19)17-12-8(14)3-7(13)4-9(12)15/h2-4,17H,5,16H2,1H3. The number of nitrogens with two attached hydrogens (primary N) is 1. The molecule has 0 aliphatic carbocycles. The van der Waals surface area contributed by atoms with Gasteiger partial charge in [0, 0.05) is 16.4 Å². The first-order chi connectivity index (χ1) is 9.74. The molecule has 0 fully saturated rings. The molecule has 0 amide bonds. The Morgan fingerprint density at radius 3 is 2.24 bits per heavy atom. The number of nitrogens with one attached hydrogen (secondary N) is 1. The fourth-order valence-corrected chi connectivity index (χ4v) is 5.24. The van der Waals surface area contributed by atoms with E-state index < -0.39 is 10.0 Å². The average Bonchev–Trinajstić information content (AvgIpc) is 2.76. The van der Waals surface area contributed by atoms with E-state index in [9.17, 15) is 8.42 Å². The summed E-state index contributed by atoms with van der Waals surface area (Å²) in [5, 5.41) is 0.581. The second kappa shape index (κ2) is 6.32. The van der Waals surface area contributed by atoms with Crippen LogP contribution >= 0.6 is 46.1 Å². The summed E-state index contributed by atoms with van der Waals surface area (Å²) < 4.78 is 27.3. The molecule has 1 aromatic heterocycles. The third-order valence-electron chi connectivity index (χ3n) is 2.69. The summed E-state index contributed by atoms with van der Waals surface area (Å²) in [7, 11) is -3.78. The molecule has 0 spiro atoms. The van der Waals surface area contributed by atoms with Gasteiger partial charge in [0.2, 0.25) is 0 Å². The second-order valence-electron chi connectivity index (χ2n) is 4.23. The van der Waals surface area contributed by atoms with Crippen molar-refractivity contribution in [2.24, 2.45) is 5.73 Å². The monoisotopic (exact) mass is 384 g/mol. The van der Waals surface area contributed by atoms with Crippen LogP contribution in [0.25, 0.3) is 0 Å². The van der Waals surface area contributed by atoms with E-state index in [0.717, 1.165) is 21.8 Å². The van der Waals surface area contributed by atoms with Crippen LogP contribution in [0.4, 0.5) is 5.69 Å². The molecule has 1 aromatic carbocycles. The van der Waals surface area contributed by atoms with Crippen LogP contribution in [0.3, 0.4) is 0 Å². The highest BCUT2D eigenvalue weighted by Gasteiger charge is 2.21. The molecule has 2 rings (SSSR count). The topological polar surface area (TPSA) is 72.2 Å². The lowest BCUT2D eigenvalue weighted by molar-refractivity contribution is 0.603. The first-order valence-corrected chi connectivity index (χ1v) is 9.14. The van der Waals surface area contributed by atoms with E-state index in [-0.39, 0.29) is 26.5 Å². The molecule has 0 saturated carbocycles. The fraction of sp³-hybridized carbons (Fsp3) is 0.167. The zero-order valence-corrected chi connectivity index (χ0v) is 14.7. The highest BCUT2D eigenvalue weighted by molar-refractivity contribution is 7.94. The number of rotatable bonds is 4. The molecule has 9 heteroatoms. The molecule has 2 aromatic rings. The first kappa shape index (κ1) is 16.9. The van der Waals surface area contributed by atoms with Crippen molar-refractivity contribution in [3.63, 3.8) is 0 Å². The number of hydrogen-bond acceptors (Lipinski definition) is 4. The van der Waals surface area contributed by atoms with Crippen molar-refractivity contribution in [3.05, 3.63) is 43.7 Å². The molecule has 3 N–H and O–H groups in total. The first-order valence-electron chi connectivity index (χ1n) is 5.71. The summed E-state index contributed by atoms with van der Waals surface area (Å²) in [4.78, 5) is 0.809. The Kier molecular flexibility index (Phi) is 5.07. The third kappa shape index (κ3) is 3.64. The van der Waals surface area contributed by atoms with E-state index in [0.29, 0.717) is 5.02 Å². The fourth-order valence-electron chi connectivity index (χ4n) is 1.65. The number of thiophene rings is 1. The van der Waals surface area contributed by atoms with Crippen molar-refractivity contribution >= 4 is 61.9 Å². The molecule has 0 saturated heterocycles. The summed E-state index contributed by atoms with van der Waals surface area (Å²) in [6, 6.07) is 4.39. The van der Waals surface area contributed by atoms with Crippen molar-refractivity contribution in [2.45, 2.75) is 17.7 Å². The largest absolute Gasteiger partial charge is 0.326 e. The van der Waals surface area contributed by atoms with E-state index >= 15 is 0 Å². The molecular formula is C12H11Cl3N2O2S2. The summed E-state index contributed by atoms with van der Waals surface area (Å²) in [5.74, 6) is 0. The molecule has 4 nitrogen and oxygen atoms in total. The van der Waals surface area contributed by atoms with Gasteiger partial charge in [0.05, 0.1) is 15.7 Å². The molecule has 0 atom stereocenters. The summed E-state index contributed by atoms with van der Waals surface area (Å²) >= 11 is 18.9. The predicted molar refractivity (Wildman–Crippen MR) is 89.2 cm³/mol. The van der Waals surface area contributed by atoms with Gasteiger partial charge in [0.15, 0.2) is 0 Å². The Balaban J connectivity index is 2.42. The molecule has 0 bridgehead atoms. The van der Waals surface area contributed by atoms with Crippen molar-refractivity contribution in [1.29, 1.82) is 0 Å². The Labute approximate surface area is 141 Å². The minimum absolute atomic E-state index is 0.100. The molecule has 1 heterocycles. The maximum atomic E-state index is 12.4. The van der Waals surface area contributed by atoms with Gasteiger partial charge in [0.1, 0.15) is 4.21 Å². The van der Waals surface area contributed by atoms with E-state index in [4.69, 9.17) is 40.5 Å². The SMILES string of the molecule is Cc1cc(S(=O)(=O)Nc2c(Cl)cc(Cl)cc2Cl)sc1CN. The van der Waals surface area contributed by atoms with Crippen LogP contribution in [0.15, 0.2) is 22.4 Å². The number of hydrogen-bond donors (Lipinski definition) is 2. The maximum Gasteiger partial charge on any atom is 0.271 e. The normalized spacial score (nSPS) is 11.7. The zero-order chi connectivity index (χ0) is 15.8. The summed E-state index contributed by atoms with van der Waals surface area (Å²) in [5.41, 5.74) is 6.49. The molecule has 114 valence electrons. The third-order valence-corrected chi connectivity index (χ3v) is 6.59. The number of benzene rings is 1. The zero-order valence-electron chi connectivity index (χ0n) is 10.8. The van der Waals surface area contributed by atoms with Crippen molar-refractivity contribution in [3.8, 4) is 0 Å². The van der Waals surface area contributed by atoms with Crippen LogP contribution in [0.5, 0.6) is 0 Å². The molecule has 21 heavy (non-hydrogen) atoms. The van der Waals surface area contributed by atoms with Crippen LogP contribution in [-0.4, -0.2) is 8.42 Å². The van der Waals surface area contributed by atoms with E-state index in [1.807, 2.05) is 0 Å². The van der Waals surface area contributed by atoms with E-state index in [2.05, 4.69) is 4.72 Å². The van der Waals surface area contributed by atoms with E-state index in [1.165, 1.54) is 12.1 Å². The van der Waals surface area contributed by atoms with Gasteiger partial charge in [-0.15, -0.1) is 11.3 Å². The molecule has 0 aliphatic rings. The number of halogens is 3. The minimum Gasteiger partial charge on any atom is -0.326 e. The molecule has 0 radical (unpaired) electrons. The van der Waals surface area contributed by atoms with Crippen LogP contribution < -0.4 is 10.5 Å².